The molecule has 1 fully saturated rings. The molecule has 1 aliphatic rings. The van der Waals surface area contributed by atoms with E-state index in [9.17, 15) is 4.79 Å². The van der Waals surface area contributed by atoms with Crippen LogP contribution in [-0.2, 0) is 9.53 Å². The number of ether oxygens (including phenoxy) is 2. The van der Waals surface area contributed by atoms with Gasteiger partial charge >= 0.3 is 0 Å². The second-order valence-electron chi connectivity index (χ2n) is 7.39. The zero-order chi connectivity index (χ0) is 23.6. The molecule has 0 aliphatic carbocycles. The van der Waals surface area contributed by atoms with Crippen molar-refractivity contribution in [3.63, 3.8) is 0 Å². The van der Waals surface area contributed by atoms with E-state index < -0.39 is 0 Å². The van der Waals surface area contributed by atoms with Crippen molar-refractivity contribution < 1.29 is 14.3 Å². The number of hydrogen-bond acceptors (Lipinski definition) is 9. The van der Waals surface area contributed by atoms with Crippen molar-refractivity contribution in [3.05, 3.63) is 53.3 Å². The van der Waals surface area contributed by atoms with Crippen LogP contribution in [0.5, 0.6) is 5.75 Å². The van der Waals surface area contributed by atoms with Crippen LogP contribution in [0, 0.1) is 6.92 Å². The number of carbonyl (C=O) groups is 1. The Morgan fingerprint density at radius 2 is 2.18 bits per heavy atom. The number of aryl methyl sites for hydroxylation is 1. The third kappa shape index (κ3) is 7.70. The zero-order valence-electron chi connectivity index (χ0n) is 19.0. The van der Waals surface area contributed by atoms with Crippen molar-refractivity contribution in [2.24, 2.45) is 10.7 Å². The van der Waals surface area contributed by atoms with E-state index in [1.807, 2.05) is 31.2 Å². The number of carbonyl (C=O) groups excluding carboxylic acids is 1. The summed E-state index contributed by atoms with van der Waals surface area (Å²) in [5.41, 5.74) is 8.30. The molecule has 10 heteroatoms. The van der Waals surface area contributed by atoms with Crippen LogP contribution in [0.4, 0.5) is 10.8 Å². The van der Waals surface area contributed by atoms with E-state index in [4.69, 9.17) is 15.2 Å². The molecular weight excluding hydrogens is 440 g/mol. The van der Waals surface area contributed by atoms with Crippen molar-refractivity contribution in [2.45, 2.75) is 13.3 Å². The Hall–Kier alpha value is -3.21. The summed E-state index contributed by atoms with van der Waals surface area (Å²) >= 11 is 1.34. The first-order valence-electron chi connectivity index (χ1n) is 10.6. The molecule has 1 saturated heterocycles. The maximum Gasteiger partial charge on any atom is 0.227 e. The molecule has 0 unspecified atom stereocenters. The summed E-state index contributed by atoms with van der Waals surface area (Å²) in [7, 11) is 1.61. The van der Waals surface area contributed by atoms with Crippen molar-refractivity contribution in [1.82, 2.24) is 9.88 Å². The molecule has 176 valence electrons. The zero-order valence-corrected chi connectivity index (χ0v) is 19.8. The second-order valence-corrected chi connectivity index (χ2v) is 8.39. The Morgan fingerprint density at radius 3 is 2.94 bits per heavy atom. The van der Waals surface area contributed by atoms with Crippen molar-refractivity contribution in [2.75, 3.05) is 50.6 Å². The smallest absolute Gasteiger partial charge is 0.227 e. The summed E-state index contributed by atoms with van der Waals surface area (Å²) in [6, 6.07) is 7.48. The number of morpholine rings is 1. The minimum absolute atomic E-state index is 0.0641. The summed E-state index contributed by atoms with van der Waals surface area (Å²) in [6.07, 6.45) is 3.67. The molecule has 0 atom stereocenters. The molecule has 0 radical (unpaired) electrons. The van der Waals surface area contributed by atoms with Crippen LogP contribution in [-0.4, -0.2) is 62.0 Å². The number of nitrogens with two attached hydrogens (primary N) is 1. The van der Waals surface area contributed by atoms with Gasteiger partial charge in [0.2, 0.25) is 5.91 Å². The van der Waals surface area contributed by atoms with E-state index in [0.29, 0.717) is 29.6 Å². The maximum atomic E-state index is 12.3. The van der Waals surface area contributed by atoms with E-state index in [1.165, 1.54) is 11.3 Å². The van der Waals surface area contributed by atoms with Crippen LogP contribution in [0.25, 0.3) is 5.70 Å². The predicted molar refractivity (Wildman–Crippen MR) is 134 cm³/mol. The molecule has 2 aromatic rings. The highest BCUT2D eigenvalue weighted by Gasteiger charge is 2.14. The van der Waals surface area contributed by atoms with Gasteiger partial charge in [-0.25, -0.2) is 9.98 Å². The highest BCUT2D eigenvalue weighted by Crippen LogP contribution is 2.26. The number of aliphatic imine (C=N–C) groups is 1. The molecular formula is C23H30N6O3S. The monoisotopic (exact) mass is 470 g/mol. The number of nitrogens with one attached hydrogen (secondary N) is 2. The fourth-order valence-electron chi connectivity index (χ4n) is 3.17. The first-order valence-corrected chi connectivity index (χ1v) is 11.4. The van der Waals surface area contributed by atoms with Gasteiger partial charge in [0.25, 0.3) is 0 Å². The number of hydrogen-bond donors (Lipinski definition) is 3. The van der Waals surface area contributed by atoms with E-state index in [2.05, 4.69) is 32.1 Å². The number of anilines is 2. The van der Waals surface area contributed by atoms with Gasteiger partial charge in [0.15, 0.2) is 5.13 Å². The van der Waals surface area contributed by atoms with Gasteiger partial charge in [-0.15, -0.1) is 0 Å². The lowest BCUT2D eigenvalue weighted by molar-refractivity contribution is -0.116. The van der Waals surface area contributed by atoms with Crippen molar-refractivity contribution in [3.8, 4) is 5.75 Å². The van der Waals surface area contributed by atoms with E-state index in [-0.39, 0.29) is 5.91 Å². The minimum Gasteiger partial charge on any atom is -0.497 e. The van der Waals surface area contributed by atoms with Gasteiger partial charge in [-0.3, -0.25) is 9.69 Å². The number of thiazole rings is 1. The number of benzene rings is 1. The Balaban J connectivity index is 1.52. The van der Waals surface area contributed by atoms with Crippen LogP contribution in [0.15, 0.2) is 47.7 Å². The number of rotatable bonds is 10. The first kappa shape index (κ1) is 24.4. The number of allylic oxidation sites excluding steroid dienone is 1. The Labute approximate surface area is 198 Å². The summed E-state index contributed by atoms with van der Waals surface area (Å²) in [6.45, 7) is 9.61. The average Bonchev–Trinajstić information content (AvgIpc) is 3.18. The molecule has 2 heterocycles. The Kier molecular flexibility index (Phi) is 8.99. The third-order valence-corrected chi connectivity index (χ3v) is 6.03. The first-order chi connectivity index (χ1) is 15.9. The molecule has 0 bridgehead atoms. The minimum atomic E-state index is -0.0641. The lowest BCUT2D eigenvalue weighted by Gasteiger charge is -2.26. The fraction of sp³-hybridized carbons (Fsp3) is 0.348. The quantitative estimate of drug-likeness (QED) is 0.457. The number of amides is 1. The third-order valence-electron chi connectivity index (χ3n) is 4.91. The van der Waals surface area contributed by atoms with Gasteiger partial charge < -0.3 is 25.8 Å². The topological polar surface area (TPSA) is 114 Å². The largest absolute Gasteiger partial charge is 0.497 e. The Bertz CT molecular complexity index is 1030. The number of aromatic nitrogens is 1. The van der Waals surface area contributed by atoms with Gasteiger partial charge in [-0.05, 0) is 25.1 Å². The number of nitrogens with zero attached hydrogens (tertiary/aromatic N) is 3. The Morgan fingerprint density at radius 1 is 1.39 bits per heavy atom. The highest BCUT2D eigenvalue weighted by molar-refractivity contribution is 7.16. The van der Waals surface area contributed by atoms with Crippen LogP contribution in [0.1, 0.15) is 17.0 Å². The lowest BCUT2D eigenvalue weighted by atomic mass is 10.3. The molecule has 4 N–H and O–H groups in total. The van der Waals surface area contributed by atoms with Crippen molar-refractivity contribution >= 4 is 40.0 Å². The van der Waals surface area contributed by atoms with Crippen LogP contribution in [0.3, 0.4) is 0 Å². The highest BCUT2D eigenvalue weighted by atomic mass is 32.1. The summed E-state index contributed by atoms with van der Waals surface area (Å²) < 4.78 is 10.5. The van der Waals surface area contributed by atoms with Crippen molar-refractivity contribution in [1.29, 1.82) is 0 Å². The summed E-state index contributed by atoms with van der Waals surface area (Å²) in [5.74, 6) is 1.14. The van der Waals surface area contributed by atoms with Crippen LogP contribution >= 0.6 is 11.3 Å². The second kappa shape index (κ2) is 12.1. The average molecular weight is 471 g/mol. The van der Waals surface area contributed by atoms with Gasteiger partial charge in [0.05, 0.1) is 36.6 Å². The summed E-state index contributed by atoms with van der Waals surface area (Å²) in [4.78, 5) is 24.0. The van der Waals surface area contributed by atoms with Gasteiger partial charge in [-0.2, -0.15) is 0 Å². The molecule has 33 heavy (non-hydrogen) atoms. The predicted octanol–water partition coefficient (Wildman–Crippen LogP) is 3.07. The molecule has 0 saturated carbocycles. The van der Waals surface area contributed by atoms with Gasteiger partial charge in [-0.1, -0.05) is 24.0 Å². The molecule has 3 rings (SSSR count). The molecule has 0 spiro atoms. The maximum absolute atomic E-state index is 12.3. The molecule has 1 aromatic carbocycles. The van der Waals surface area contributed by atoms with Crippen LogP contribution < -0.4 is 21.1 Å². The number of methoxy groups -OCH3 is 1. The lowest BCUT2D eigenvalue weighted by Crippen LogP contribution is -2.38. The van der Waals surface area contributed by atoms with E-state index >= 15 is 0 Å². The van der Waals surface area contributed by atoms with Gasteiger partial charge in [0, 0.05) is 44.0 Å². The van der Waals surface area contributed by atoms with E-state index in [0.717, 1.165) is 48.3 Å². The molecule has 1 aliphatic heterocycles. The SMILES string of the molecule is C=C(/N=C\C=C(/N)c1sc(NC(=O)CCN2CCOCC2)nc1C)Nc1cccc(OC)c1. The molecule has 9 nitrogen and oxygen atoms in total. The molecule has 1 amide bonds. The standard InChI is InChI=1S/C23H30N6O3S/c1-16-22(33-23(26-16)28-21(30)8-10-29-11-13-32-14-12-29)20(24)7-9-25-17(2)27-18-5-4-6-19(15-18)31-3/h4-7,9,15,27H,2,8,10-14,24H2,1,3H3,(H,26,28,30)/b20-7-,25-9-. The van der Waals surface area contributed by atoms with E-state index in [1.54, 1.807) is 19.4 Å². The van der Waals surface area contributed by atoms with Crippen LogP contribution in [0.2, 0.25) is 0 Å². The summed E-state index contributed by atoms with van der Waals surface area (Å²) in [5, 5.41) is 6.50. The fourth-order valence-corrected chi connectivity index (χ4v) is 4.09. The van der Waals surface area contributed by atoms with Gasteiger partial charge in [0.1, 0.15) is 11.6 Å². The molecule has 1 aromatic heterocycles. The normalized spacial score (nSPS) is 14.9.